The fraction of sp³-hybridized carbons (Fsp3) is 0.133. The van der Waals surface area contributed by atoms with Gasteiger partial charge >= 0.3 is 0 Å². The highest BCUT2D eigenvalue weighted by Gasteiger charge is 2.13. The van der Waals surface area contributed by atoms with Crippen LogP contribution in [0.4, 0.5) is 5.69 Å². The maximum atomic E-state index is 12.2. The summed E-state index contributed by atoms with van der Waals surface area (Å²) in [5.74, 6) is -0.155. The molecule has 0 atom stereocenters. The number of fused-ring (bicyclic) bond motifs is 1. The van der Waals surface area contributed by atoms with E-state index in [0.717, 1.165) is 13.1 Å². The number of halogens is 2. The molecule has 3 nitrogen and oxygen atoms in total. The van der Waals surface area contributed by atoms with Crippen molar-refractivity contribution in [1.82, 2.24) is 5.32 Å². The molecule has 5 heteroatoms. The highest BCUT2D eigenvalue weighted by molar-refractivity contribution is 6.42. The molecule has 0 saturated heterocycles. The SMILES string of the molecule is O=C(Nc1ccc(Cl)c(Cl)c1)c1ccc2c(c1)CNC2. The van der Waals surface area contributed by atoms with Crippen LogP contribution in [-0.4, -0.2) is 5.91 Å². The first-order valence-corrected chi connectivity index (χ1v) is 6.98. The van der Waals surface area contributed by atoms with Crippen LogP contribution in [0.25, 0.3) is 0 Å². The van der Waals surface area contributed by atoms with Crippen LogP contribution in [0.15, 0.2) is 36.4 Å². The first kappa shape index (κ1) is 13.4. The van der Waals surface area contributed by atoms with Gasteiger partial charge in [-0.15, -0.1) is 0 Å². The first-order valence-electron chi connectivity index (χ1n) is 6.22. The molecule has 1 aliphatic heterocycles. The van der Waals surface area contributed by atoms with Crippen molar-refractivity contribution >= 4 is 34.8 Å². The van der Waals surface area contributed by atoms with Gasteiger partial charge in [-0.25, -0.2) is 0 Å². The molecule has 2 aromatic rings. The van der Waals surface area contributed by atoms with Gasteiger partial charge in [0.15, 0.2) is 0 Å². The van der Waals surface area contributed by atoms with Crippen molar-refractivity contribution < 1.29 is 4.79 Å². The van der Waals surface area contributed by atoms with E-state index < -0.39 is 0 Å². The normalized spacial score (nSPS) is 13.1. The summed E-state index contributed by atoms with van der Waals surface area (Å²) in [4.78, 5) is 12.2. The summed E-state index contributed by atoms with van der Waals surface area (Å²) in [6.45, 7) is 1.67. The van der Waals surface area contributed by atoms with Crippen molar-refractivity contribution in [3.8, 4) is 0 Å². The third kappa shape index (κ3) is 2.66. The lowest BCUT2D eigenvalue weighted by molar-refractivity contribution is 0.102. The molecular formula is C15H12Cl2N2O. The largest absolute Gasteiger partial charge is 0.322 e. The van der Waals surface area contributed by atoms with Gasteiger partial charge in [0.25, 0.3) is 5.91 Å². The highest BCUT2D eigenvalue weighted by Crippen LogP contribution is 2.25. The molecule has 1 amide bonds. The predicted molar refractivity (Wildman–Crippen MR) is 81.4 cm³/mol. The van der Waals surface area contributed by atoms with E-state index >= 15 is 0 Å². The summed E-state index contributed by atoms with van der Waals surface area (Å²) in [5, 5.41) is 6.95. The molecule has 2 aromatic carbocycles. The smallest absolute Gasteiger partial charge is 0.255 e. The minimum atomic E-state index is -0.155. The Bertz CT molecular complexity index is 686. The monoisotopic (exact) mass is 306 g/mol. The minimum absolute atomic E-state index is 0.155. The Morgan fingerprint density at radius 2 is 1.80 bits per heavy atom. The number of benzene rings is 2. The molecule has 20 heavy (non-hydrogen) atoms. The summed E-state index contributed by atoms with van der Waals surface area (Å²) < 4.78 is 0. The fourth-order valence-electron chi connectivity index (χ4n) is 2.21. The third-order valence-corrected chi connectivity index (χ3v) is 4.02. The van der Waals surface area contributed by atoms with Crippen LogP contribution in [0.2, 0.25) is 10.0 Å². The van der Waals surface area contributed by atoms with Gasteiger partial charge in [-0.3, -0.25) is 4.79 Å². The average molecular weight is 307 g/mol. The van der Waals surface area contributed by atoms with Crippen LogP contribution in [-0.2, 0) is 13.1 Å². The molecule has 0 aliphatic carbocycles. The van der Waals surface area contributed by atoms with Crippen LogP contribution < -0.4 is 10.6 Å². The number of hydrogen-bond donors (Lipinski definition) is 2. The number of amides is 1. The number of carbonyl (C=O) groups excluding carboxylic acids is 1. The van der Waals surface area contributed by atoms with E-state index in [9.17, 15) is 4.79 Å². The van der Waals surface area contributed by atoms with Crippen LogP contribution >= 0.6 is 23.2 Å². The number of rotatable bonds is 2. The summed E-state index contributed by atoms with van der Waals surface area (Å²) in [5.41, 5.74) is 3.68. The molecule has 0 saturated carbocycles. The van der Waals surface area contributed by atoms with Crippen molar-refractivity contribution in [2.24, 2.45) is 0 Å². The maximum absolute atomic E-state index is 12.2. The van der Waals surface area contributed by atoms with Crippen LogP contribution in [0, 0.1) is 0 Å². The van der Waals surface area contributed by atoms with Crippen molar-refractivity contribution in [3.63, 3.8) is 0 Å². The zero-order chi connectivity index (χ0) is 14.1. The quantitative estimate of drug-likeness (QED) is 0.885. The fourth-order valence-corrected chi connectivity index (χ4v) is 2.51. The number of anilines is 1. The second-order valence-corrected chi connectivity index (χ2v) is 5.48. The molecule has 2 N–H and O–H groups in total. The molecule has 0 radical (unpaired) electrons. The number of hydrogen-bond acceptors (Lipinski definition) is 2. The Balaban J connectivity index is 1.80. The Labute approximate surface area is 126 Å². The Hall–Kier alpha value is -1.55. The Kier molecular flexibility index (Phi) is 3.66. The maximum Gasteiger partial charge on any atom is 0.255 e. The van der Waals surface area contributed by atoms with Crippen LogP contribution in [0.5, 0.6) is 0 Å². The molecule has 0 bridgehead atoms. The van der Waals surface area contributed by atoms with Gasteiger partial charge in [-0.2, -0.15) is 0 Å². The summed E-state index contributed by atoms with van der Waals surface area (Å²) >= 11 is 11.8. The minimum Gasteiger partial charge on any atom is -0.322 e. The van der Waals surface area contributed by atoms with E-state index in [4.69, 9.17) is 23.2 Å². The molecule has 1 heterocycles. The lowest BCUT2D eigenvalue weighted by atomic mass is 10.1. The topological polar surface area (TPSA) is 41.1 Å². The van der Waals surface area contributed by atoms with E-state index in [2.05, 4.69) is 10.6 Å². The van der Waals surface area contributed by atoms with E-state index in [1.807, 2.05) is 18.2 Å². The molecular weight excluding hydrogens is 295 g/mol. The summed E-state index contributed by atoms with van der Waals surface area (Å²) in [7, 11) is 0. The molecule has 0 unspecified atom stereocenters. The van der Waals surface area contributed by atoms with E-state index in [1.54, 1.807) is 18.2 Å². The zero-order valence-electron chi connectivity index (χ0n) is 10.5. The van der Waals surface area contributed by atoms with E-state index in [0.29, 0.717) is 21.3 Å². The van der Waals surface area contributed by atoms with Crippen molar-refractivity contribution in [2.75, 3.05) is 5.32 Å². The van der Waals surface area contributed by atoms with Crippen LogP contribution in [0.1, 0.15) is 21.5 Å². The Morgan fingerprint density at radius 1 is 1.00 bits per heavy atom. The van der Waals surface area contributed by atoms with Crippen LogP contribution in [0.3, 0.4) is 0 Å². The third-order valence-electron chi connectivity index (χ3n) is 3.28. The van der Waals surface area contributed by atoms with Gasteiger partial charge in [0.05, 0.1) is 10.0 Å². The number of carbonyl (C=O) groups is 1. The summed E-state index contributed by atoms with van der Waals surface area (Å²) in [6.07, 6.45) is 0. The Morgan fingerprint density at radius 3 is 2.60 bits per heavy atom. The van der Waals surface area contributed by atoms with Crippen molar-refractivity contribution in [1.29, 1.82) is 0 Å². The van der Waals surface area contributed by atoms with Gasteiger partial charge in [0.1, 0.15) is 0 Å². The van der Waals surface area contributed by atoms with Gasteiger partial charge in [-0.1, -0.05) is 29.3 Å². The molecule has 0 aromatic heterocycles. The standard InChI is InChI=1S/C15H12Cl2N2O/c16-13-4-3-12(6-14(13)17)19-15(20)9-1-2-10-7-18-8-11(10)5-9/h1-6,18H,7-8H2,(H,19,20). The molecule has 1 aliphatic rings. The van der Waals surface area contributed by atoms with Gasteiger partial charge in [-0.05, 0) is 41.5 Å². The van der Waals surface area contributed by atoms with Gasteiger partial charge in [0.2, 0.25) is 0 Å². The number of nitrogens with one attached hydrogen (secondary N) is 2. The summed E-state index contributed by atoms with van der Waals surface area (Å²) in [6, 6.07) is 10.8. The zero-order valence-corrected chi connectivity index (χ0v) is 12.1. The van der Waals surface area contributed by atoms with Crippen molar-refractivity contribution in [3.05, 3.63) is 63.1 Å². The molecule has 102 valence electrons. The second-order valence-electron chi connectivity index (χ2n) is 4.67. The van der Waals surface area contributed by atoms with Gasteiger partial charge < -0.3 is 10.6 Å². The first-order chi connectivity index (χ1) is 9.63. The molecule has 0 spiro atoms. The lowest BCUT2D eigenvalue weighted by Gasteiger charge is -2.07. The van der Waals surface area contributed by atoms with Crippen molar-refractivity contribution in [2.45, 2.75) is 13.1 Å². The average Bonchev–Trinajstić information content (AvgIpc) is 2.90. The van der Waals surface area contributed by atoms with E-state index in [1.165, 1.54) is 11.1 Å². The molecule has 0 fully saturated rings. The molecule has 3 rings (SSSR count). The van der Waals surface area contributed by atoms with E-state index in [-0.39, 0.29) is 5.91 Å². The predicted octanol–water partition coefficient (Wildman–Crippen LogP) is 3.85. The second kappa shape index (κ2) is 5.44. The van der Waals surface area contributed by atoms with Gasteiger partial charge in [0, 0.05) is 24.3 Å². The lowest BCUT2D eigenvalue weighted by Crippen LogP contribution is -2.12. The highest BCUT2D eigenvalue weighted by atomic mass is 35.5.